The number of anilines is 2. The first-order valence-electron chi connectivity index (χ1n) is 5.36. The Kier molecular flexibility index (Phi) is 2.77. The van der Waals surface area contributed by atoms with Crippen molar-refractivity contribution < 1.29 is 0 Å². The Balaban J connectivity index is 2.16. The fraction of sp³-hybridized carbons (Fsp3) is 0.545. The molecule has 4 nitrogen and oxygen atoms in total. The Morgan fingerprint density at radius 2 is 2.00 bits per heavy atom. The second-order valence-corrected chi connectivity index (χ2v) is 4.35. The quantitative estimate of drug-likeness (QED) is 0.715. The SMILES string of the molecule is CC1CN(c2cncc(N)c2)CC(C)N1. The van der Waals surface area contributed by atoms with E-state index in [1.807, 2.05) is 12.3 Å². The zero-order valence-corrected chi connectivity index (χ0v) is 9.27. The van der Waals surface area contributed by atoms with Crippen LogP contribution in [0.5, 0.6) is 0 Å². The maximum absolute atomic E-state index is 5.73. The zero-order chi connectivity index (χ0) is 10.8. The number of pyridine rings is 1. The highest BCUT2D eigenvalue weighted by atomic mass is 15.2. The van der Waals surface area contributed by atoms with Crippen molar-refractivity contribution in [3.8, 4) is 0 Å². The molecule has 2 unspecified atom stereocenters. The van der Waals surface area contributed by atoms with Crippen LogP contribution in [0.25, 0.3) is 0 Å². The van der Waals surface area contributed by atoms with Gasteiger partial charge >= 0.3 is 0 Å². The molecule has 0 amide bonds. The number of piperazine rings is 1. The van der Waals surface area contributed by atoms with Crippen LogP contribution < -0.4 is 16.0 Å². The molecular weight excluding hydrogens is 188 g/mol. The zero-order valence-electron chi connectivity index (χ0n) is 9.27. The number of hydrogen-bond donors (Lipinski definition) is 2. The molecule has 0 bridgehead atoms. The Morgan fingerprint density at radius 3 is 2.60 bits per heavy atom. The van der Waals surface area contributed by atoms with Crippen LogP contribution in [0, 0.1) is 0 Å². The van der Waals surface area contributed by atoms with Crippen molar-refractivity contribution in [2.24, 2.45) is 0 Å². The van der Waals surface area contributed by atoms with Crippen LogP contribution >= 0.6 is 0 Å². The molecule has 0 spiro atoms. The number of nitrogens with one attached hydrogen (secondary N) is 1. The van der Waals surface area contributed by atoms with E-state index in [9.17, 15) is 0 Å². The molecule has 15 heavy (non-hydrogen) atoms. The molecule has 1 saturated heterocycles. The number of nitrogen functional groups attached to an aromatic ring is 1. The van der Waals surface area contributed by atoms with E-state index in [0.29, 0.717) is 12.1 Å². The minimum Gasteiger partial charge on any atom is -0.397 e. The Labute approximate surface area is 90.5 Å². The van der Waals surface area contributed by atoms with Crippen molar-refractivity contribution in [1.82, 2.24) is 10.3 Å². The van der Waals surface area contributed by atoms with E-state index in [4.69, 9.17) is 5.73 Å². The lowest BCUT2D eigenvalue weighted by molar-refractivity contribution is 0.407. The summed E-state index contributed by atoms with van der Waals surface area (Å²) >= 11 is 0. The predicted octanol–water partition coefficient (Wildman–Crippen LogP) is 0.850. The molecule has 2 atom stereocenters. The van der Waals surface area contributed by atoms with Crippen LogP contribution in [0.3, 0.4) is 0 Å². The molecule has 1 aromatic rings. The van der Waals surface area contributed by atoms with Crippen LogP contribution in [0.15, 0.2) is 18.5 Å². The highest BCUT2D eigenvalue weighted by molar-refractivity contribution is 5.53. The molecule has 1 aliphatic heterocycles. The summed E-state index contributed by atoms with van der Waals surface area (Å²) in [6.07, 6.45) is 3.56. The van der Waals surface area contributed by atoms with Gasteiger partial charge in [-0.2, -0.15) is 0 Å². The van der Waals surface area contributed by atoms with E-state index in [2.05, 4.69) is 29.0 Å². The van der Waals surface area contributed by atoms with Gasteiger partial charge in [0.1, 0.15) is 0 Å². The van der Waals surface area contributed by atoms with Crippen molar-refractivity contribution in [3.63, 3.8) is 0 Å². The van der Waals surface area contributed by atoms with Crippen molar-refractivity contribution in [3.05, 3.63) is 18.5 Å². The number of rotatable bonds is 1. The van der Waals surface area contributed by atoms with Crippen molar-refractivity contribution >= 4 is 11.4 Å². The standard InChI is InChI=1S/C11H18N4/c1-8-6-15(7-9(2)14-8)11-3-10(12)4-13-5-11/h3-5,8-9,14H,6-7,12H2,1-2H3. The third-order valence-corrected chi connectivity index (χ3v) is 2.67. The van der Waals surface area contributed by atoms with Gasteiger partial charge in [-0.15, -0.1) is 0 Å². The van der Waals surface area contributed by atoms with Gasteiger partial charge in [-0.25, -0.2) is 0 Å². The summed E-state index contributed by atoms with van der Waals surface area (Å²) in [5.41, 5.74) is 7.58. The molecule has 3 N–H and O–H groups in total. The lowest BCUT2D eigenvalue weighted by Gasteiger charge is -2.37. The van der Waals surface area contributed by atoms with Crippen molar-refractivity contribution in [1.29, 1.82) is 0 Å². The average molecular weight is 206 g/mol. The summed E-state index contributed by atoms with van der Waals surface area (Å²) in [5.74, 6) is 0. The highest BCUT2D eigenvalue weighted by Crippen LogP contribution is 2.18. The number of hydrogen-bond acceptors (Lipinski definition) is 4. The van der Waals surface area contributed by atoms with E-state index >= 15 is 0 Å². The molecule has 2 rings (SSSR count). The molecule has 0 aliphatic carbocycles. The Hall–Kier alpha value is -1.29. The molecular formula is C11H18N4. The van der Waals surface area contributed by atoms with Gasteiger partial charge in [-0.05, 0) is 19.9 Å². The smallest absolute Gasteiger partial charge is 0.0574 e. The lowest BCUT2D eigenvalue weighted by atomic mass is 10.1. The predicted molar refractivity (Wildman–Crippen MR) is 62.9 cm³/mol. The summed E-state index contributed by atoms with van der Waals surface area (Å²) in [5, 5.41) is 3.50. The molecule has 2 heterocycles. The van der Waals surface area contributed by atoms with Crippen molar-refractivity contribution in [2.45, 2.75) is 25.9 Å². The first kappa shape index (κ1) is 10.2. The minimum atomic E-state index is 0.509. The number of nitrogens with two attached hydrogens (primary N) is 1. The molecule has 1 aliphatic rings. The van der Waals surface area contributed by atoms with E-state index in [-0.39, 0.29) is 0 Å². The third kappa shape index (κ3) is 2.39. The fourth-order valence-corrected chi connectivity index (χ4v) is 2.16. The van der Waals surface area contributed by atoms with E-state index in [1.54, 1.807) is 6.20 Å². The second-order valence-electron chi connectivity index (χ2n) is 4.35. The summed E-state index contributed by atoms with van der Waals surface area (Å²) in [7, 11) is 0. The third-order valence-electron chi connectivity index (χ3n) is 2.67. The topological polar surface area (TPSA) is 54.2 Å². The molecule has 0 radical (unpaired) electrons. The summed E-state index contributed by atoms with van der Waals surface area (Å²) in [6, 6.07) is 3.00. The van der Waals surface area contributed by atoms with Gasteiger partial charge < -0.3 is 16.0 Å². The van der Waals surface area contributed by atoms with Crippen LogP contribution in [0.1, 0.15) is 13.8 Å². The van der Waals surface area contributed by atoms with E-state index in [1.165, 1.54) is 0 Å². The first-order chi connectivity index (χ1) is 7.15. The van der Waals surface area contributed by atoms with Gasteiger partial charge in [0.25, 0.3) is 0 Å². The van der Waals surface area contributed by atoms with Gasteiger partial charge in [0.15, 0.2) is 0 Å². The van der Waals surface area contributed by atoms with Gasteiger partial charge in [-0.3, -0.25) is 4.98 Å². The van der Waals surface area contributed by atoms with Crippen LogP contribution in [-0.2, 0) is 0 Å². The largest absolute Gasteiger partial charge is 0.397 e. The van der Waals surface area contributed by atoms with Gasteiger partial charge in [0, 0.05) is 31.4 Å². The van der Waals surface area contributed by atoms with Crippen LogP contribution in [0.4, 0.5) is 11.4 Å². The number of nitrogens with zero attached hydrogens (tertiary/aromatic N) is 2. The van der Waals surface area contributed by atoms with Crippen LogP contribution in [-0.4, -0.2) is 30.2 Å². The van der Waals surface area contributed by atoms with Gasteiger partial charge in [0.2, 0.25) is 0 Å². The highest BCUT2D eigenvalue weighted by Gasteiger charge is 2.21. The summed E-state index contributed by atoms with van der Waals surface area (Å²) < 4.78 is 0. The summed E-state index contributed by atoms with van der Waals surface area (Å²) in [4.78, 5) is 6.45. The van der Waals surface area contributed by atoms with Gasteiger partial charge in [0.05, 0.1) is 17.6 Å². The Morgan fingerprint density at radius 1 is 1.33 bits per heavy atom. The Bertz CT molecular complexity index is 329. The molecule has 0 aromatic carbocycles. The second kappa shape index (κ2) is 4.06. The average Bonchev–Trinajstić information content (AvgIpc) is 2.16. The summed E-state index contributed by atoms with van der Waals surface area (Å²) in [6.45, 7) is 6.41. The monoisotopic (exact) mass is 206 g/mol. The van der Waals surface area contributed by atoms with E-state index in [0.717, 1.165) is 24.5 Å². The lowest BCUT2D eigenvalue weighted by Crippen LogP contribution is -2.54. The van der Waals surface area contributed by atoms with Gasteiger partial charge in [-0.1, -0.05) is 0 Å². The minimum absolute atomic E-state index is 0.509. The fourth-order valence-electron chi connectivity index (χ4n) is 2.16. The number of aromatic nitrogens is 1. The maximum atomic E-state index is 5.73. The molecule has 82 valence electrons. The van der Waals surface area contributed by atoms with Crippen molar-refractivity contribution in [2.75, 3.05) is 23.7 Å². The molecule has 1 aromatic heterocycles. The van der Waals surface area contributed by atoms with E-state index < -0.39 is 0 Å². The molecule has 4 heteroatoms. The first-order valence-corrected chi connectivity index (χ1v) is 5.36. The molecule has 0 saturated carbocycles. The van der Waals surface area contributed by atoms with Crippen LogP contribution in [0.2, 0.25) is 0 Å². The normalized spacial score (nSPS) is 26.7. The maximum Gasteiger partial charge on any atom is 0.0574 e. The molecule has 1 fully saturated rings.